The summed E-state index contributed by atoms with van der Waals surface area (Å²) in [6.07, 6.45) is 0.291. The Bertz CT molecular complexity index is 595. The zero-order chi connectivity index (χ0) is 19.0. The number of hydrogen-bond donors (Lipinski definition) is 1. The van der Waals surface area contributed by atoms with Crippen molar-refractivity contribution in [2.24, 2.45) is 0 Å². The molecular formula is C18H26N2O5. The number of ether oxygens (including phenoxy) is 2. The van der Waals surface area contributed by atoms with E-state index in [1.807, 2.05) is 30.3 Å². The Hall–Kier alpha value is -2.57. The fourth-order valence-electron chi connectivity index (χ4n) is 2.08. The predicted octanol–water partition coefficient (Wildman–Crippen LogP) is 1.75. The fourth-order valence-corrected chi connectivity index (χ4v) is 2.08. The van der Waals surface area contributed by atoms with Crippen LogP contribution in [-0.4, -0.2) is 55.2 Å². The Balaban J connectivity index is 2.68. The molecule has 0 bridgehead atoms. The Kier molecular flexibility index (Phi) is 7.42. The van der Waals surface area contributed by atoms with Crippen molar-refractivity contribution in [2.45, 2.75) is 38.8 Å². The third kappa shape index (κ3) is 7.69. The van der Waals surface area contributed by atoms with Crippen molar-refractivity contribution < 1.29 is 23.9 Å². The van der Waals surface area contributed by atoms with Crippen LogP contribution in [0, 0.1) is 0 Å². The van der Waals surface area contributed by atoms with Gasteiger partial charge in [0, 0.05) is 13.5 Å². The van der Waals surface area contributed by atoms with E-state index in [-0.39, 0.29) is 6.54 Å². The van der Waals surface area contributed by atoms with Gasteiger partial charge in [-0.05, 0) is 26.3 Å². The summed E-state index contributed by atoms with van der Waals surface area (Å²) in [5.41, 5.74) is 0.254. The molecule has 7 heteroatoms. The van der Waals surface area contributed by atoms with Crippen LogP contribution in [0.4, 0.5) is 4.79 Å². The van der Waals surface area contributed by atoms with Crippen LogP contribution < -0.4 is 5.32 Å². The zero-order valence-corrected chi connectivity index (χ0v) is 15.4. The molecule has 1 atom stereocenters. The summed E-state index contributed by atoms with van der Waals surface area (Å²) in [6.45, 7) is 5.02. The van der Waals surface area contributed by atoms with Gasteiger partial charge in [-0.25, -0.2) is 9.59 Å². The maximum absolute atomic E-state index is 12.3. The quantitative estimate of drug-likeness (QED) is 0.790. The van der Waals surface area contributed by atoms with Gasteiger partial charge in [0.05, 0.1) is 7.11 Å². The molecule has 0 aliphatic carbocycles. The minimum absolute atomic E-state index is 0.220. The van der Waals surface area contributed by atoms with Gasteiger partial charge in [-0.2, -0.15) is 0 Å². The lowest BCUT2D eigenvalue weighted by Crippen LogP contribution is -2.49. The van der Waals surface area contributed by atoms with E-state index in [0.29, 0.717) is 6.42 Å². The SMILES string of the molecule is COC(=O)C(Cc1ccccc1)NC(=O)N(C)CC(=O)OC(C)(C)C. The smallest absolute Gasteiger partial charge is 0.328 e. The number of nitrogens with zero attached hydrogens (tertiary/aromatic N) is 1. The predicted molar refractivity (Wildman–Crippen MR) is 93.0 cm³/mol. The largest absolute Gasteiger partial charge is 0.467 e. The van der Waals surface area contributed by atoms with Crippen molar-refractivity contribution in [3.63, 3.8) is 0 Å². The summed E-state index contributed by atoms with van der Waals surface area (Å²) < 4.78 is 9.92. The van der Waals surface area contributed by atoms with Gasteiger partial charge in [-0.3, -0.25) is 4.79 Å². The molecule has 1 aromatic rings. The number of likely N-dealkylation sites (N-methyl/N-ethyl adjacent to an activating group) is 1. The summed E-state index contributed by atoms with van der Waals surface area (Å²) in [5, 5.41) is 2.59. The van der Waals surface area contributed by atoms with Crippen LogP contribution in [0.25, 0.3) is 0 Å². The number of rotatable bonds is 6. The lowest BCUT2D eigenvalue weighted by atomic mass is 10.1. The average Bonchev–Trinajstić information content (AvgIpc) is 2.52. The number of urea groups is 1. The second-order valence-electron chi connectivity index (χ2n) is 6.66. The molecule has 0 aliphatic heterocycles. The van der Waals surface area contributed by atoms with Crippen LogP contribution in [-0.2, 0) is 25.5 Å². The first kappa shape index (κ1) is 20.5. The van der Waals surface area contributed by atoms with E-state index in [1.165, 1.54) is 14.2 Å². The van der Waals surface area contributed by atoms with E-state index in [4.69, 9.17) is 9.47 Å². The standard InChI is InChI=1S/C18H26N2O5/c1-18(2,3)25-15(21)12-20(4)17(23)19-14(16(22)24-5)11-13-9-7-6-8-10-13/h6-10,14H,11-12H2,1-5H3,(H,19,23). The van der Waals surface area contributed by atoms with Crippen LogP contribution in [0.1, 0.15) is 26.3 Å². The molecule has 7 nitrogen and oxygen atoms in total. The number of hydrogen-bond acceptors (Lipinski definition) is 5. The summed E-state index contributed by atoms with van der Waals surface area (Å²) in [6, 6.07) is 7.86. The van der Waals surface area contributed by atoms with E-state index in [0.717, 1.165) is 10.5 Å². The number of carbonyl (C=O) groups excluding carboxylic acids is 3. The van der Waals surface area contributed by atoms with Crippen molar-refractivity contribution >= 4 is 18.0 Å². The molecule has 0 aromatic heterocycles. The molecule has 1 N–H and O–H groups in total. The molecule has 1 aromatic carbocycles. The van der Waals surface area contributed by atoms with E-state index < -0.39 is 29.6 Å². The van der Waals surface area contributed by atoms with E-state index in [9.17, 15) is 14.4 Å². The van der Waals surface area contributed by atoms with Gasteiger partial charge in [0.25, 0.3) is 0 Å². The molecule has 2 amide bonds. The Morgan fingerprint density at radius 1 is 1.16 bits per heavy atom. The first-order valence-electron chi connectivity index (χ1n) is 7.97. The van der Waals surface area contributed by atoms with Gasteiger partial charge in [0.15, 0.2) is 0 Å². The van der Waals surface area contributed by atoms with Gasteiger partial charge in [0.2, 0.25) is 0 Å². The summed E-state index contributed by atoms with van der Waals surface area (Å²) >= 11 is 0. The number of amides is 2. The number of esters is 2. The highest BCUT2D eigenvalue weighted by molar-refractivity contribution is 5.85. The third-order valence-electron chi connectivity index (χ3n) is 3.20. The molecule has 25 heavy (non-hydrogen) atoms. The van der Waals surface area contributed by atoms with Gasteiger partial charge >= 0.3 is 18.0 Å². The van der Waals surface area contributed by atoms with Crippen molar-refractivity contribution in [1.29, 1.82) is 0 Å². The highest BCUT2D eigenvalue weighted by Gasteiger charge is 2.25. The zero-order valence-electron chi connectivity index (χ0n) is 15.4. The third-order valence-corrected chi connectivity index (χ3v) is 3.20. The van der Waals surface area contributed by atoms with Crippen LogP contribution in [0.2, 0.25) is 0 Å². The average molecular weight is 350 g/mol. The minimum Gasteiger partial charge on any atom is -0.467 e. The topological polar surface area (TPSA) is 84.9 Å². The van der Waals surface area contributed by atoms with Crippen molar-refractivity contribution in [3.8, 4) is 0 Å². The Morgan fingerprint density at radius 2 is 1.76 bits per heavy atom. The molecular weight excluding hydrogens is 324 g/mol. The number of benzene rings is 1. The Morgan fingerprint density at radius 3 is 2.28 bits per heavy atom. The summed E-state index contributed by atoms with van der Waals surface area (Å²) in [5.74, 6) is -1.08. The molecule has 138 valence electrons. The molecule has 0 radical (unpaired) electrons. The number of methoxy groups -OCH3 is 1. The van der Waals surface area contributed by atoms with Crippen molar-refractivity contribution in [1.82, 2.24) is 10.2 Å². The first-order valence-corrected chi connectivity index (χ1v) is 7.97. The highest BCUT2D eigenvalue weighted by atomic mass is 16.6. The second kappa shape index (κ2) is 9.05. The van der Waals surface area contributed by atoms with Crippen LogP contribution in [0.5, 0.6) is 0 Å². The summed E-state index contributed by atoms with van der Waals surface area (Å²) in [4.78, 5) is 37.2. The van der Waals surface area contributed by atoms with Crippen molar-refractivity contribution in [2.75, 3.05) is 20.7 Å². The lowest BCUT2D eigenvalue weighted by Gasteiger charge is -2.24. The molecule has 1 unspecified atom stereocenters. The molecule has 0 saturated carbocycles. The molecule has 1 rings (SSSR count). The van der Waals surface area contributed by atoms with Gasteiger partial charge < -0.3 is 19.7 Å². The van der Waals surface area contributed by atoms with Gasteiger partial charge in [0.1, 0.15) is 18.2 Å². The van der Waals surface area contributed by atoms with E-state index in [1.54, 1.807) is 20.8 Å². The molecule has 0 aliphatic rings. The molecule has 0 spiro atoms. The molecule has 0 saturated heterocycles. The number of carbonyl (C=O) groups is 3. The van der Waals surface area contributed by atoms with Crippen LogP contribution in [0.3, 0.4) is 0 Å². The number of nitrogens with one attached hydrogen (secondary N) is 1. The molecule has 0 fully saturated rings. The van der Waals surface area contributed by atoms with Crippen LogP contribution in [0.15, 0.2) is 30.3 Å². The normalized spacial score (nSPS) is 12.0. The van der Waals surface area contributed by atoms with Crippen LogP contribution >= 0.6 is 0 Å². The maximum Gasteiger partial charge on any atom is 0.328 e. The van der Waals surface area contributed by atoms with Gasteiger partial charge in [-0.15, -0.1) is 0 Å². The fraction of sp³-hybridized carbons (Fsp3) is 0.500. The maximum atomic E-state index is 12.3. The highest BCUT2D eigenvalue weighted by Crippen LogP contribution is 2.08. The second-order valence-corrected chi connectivity index (χ2v) is 6.66. The minimum atomic E-state index is -0.846. The van der Waals surface area contributed by atoms with Gasteiger partial charge in [-0.1, -0.05) is 30.3 Å². The summed E-state index contributed by atoms with van der Waals surface area (Å²) in [7, 11) is 2.72. The van der Waals surface area contributed by atoms with E-state index >= 15 is 0 Å². The molecule has 0 heterocycles. The lowest BCUT2D eigenvalue weighted by molar-refractivity contribution is -0.155. The monoisotopic (exact) mass is 350 g/mol. The Labute approximate surface area is 148 Å². The first-order chi connectivity index (χ1) is 11.6. The van der Waals surface area contributed by atoms with Crippen molar-refractivity contribution in [3.05, 3.63) is 35.9 Å². The van der Waals surface area contributed by atoms with E-state index in [2.05, 4.69) is 5.32 Å².